The first kappa shape index (κ1) is 45.9. The minimum atomic E-state index is -3.75. The van der Waals surface area contributed by atoms with E-state index in [4.69, 9.17) is 37.3 Å². The lowest BCUT2D eigenvalue weighted by atomic mass is 10.0. The molecular weight excluding hydrogens is 648 g/mol. The second kappa shape index (κ2) is 36.6. The molecule has 0 aliphatic heterocycles. The summed E-state index contributed by atoms with van der Waals surface area (Å²) < 4.78 is 67.4. The van der Waals surface area contributed by atoms with Crippen LogP contribution in [0, 0.1) is 0 Å². The Morgan fingerprint density at radius 3 is 1.00 bits per heavy atom. The second-order valence-electron chi connectivity index (χ2n) is 12.2. The van der Waals surface area contributed by atoms with E-state index >= 15 is 0 Å². The SMILES string of the molecule is CCCCCCCCCCCCCCCCCCOCCOCCOCCOCCOCCOCCOCCOS(=O)(=O)c1ccccc1. The van der Waals surface area contributed by atoms with Crippen LogP contribution in [0.5, 0.6) is 0 Å². The highest BCUT2D eigenvalue weighted by atomic mass is 32.2. The number of unbranched alkanes of at least 4 members (excludes halogenated alkanes) is 15. The molecule has 0 N–H and O–H groups in total. The van der Waals surface area contributed by atoms with Gasteiger partial charge >= 0.3 is 0 Å². The summed E-state index contributed by atoms with van der Waals surface area (Å²) >= 11 is 0. The summed E-state index contributed by atoms with van der Waals surface area (Å²) in [7, 11) is -3.75. The monoisotopic (exact) mass is 718 g/mol. The van der Waals surface area contributed by atoms with Crippen molar-refractivity contribution in [1.29, 1.82) is 0 Å². The Hall–Kier alpha value is -1.15. The lowest BCUT2D eigenvalue weighted by molar-refractivity contribution is -0.0212. The van der Waals surface area contributed by atoms with Gasteiger partial charge < -0.3 is 33.2 Å². The minimum absolute atomic E-state index is 0.0474. The van der Waals surface area contributed by atoms with Crippen molar-refractivity contribution >= 4 is 10.1 Å². The molecule has 49 heavy (non-hydrogen) atoms. The number of hydrogen-bond donors (Lipinski definition) is 0. The predicted octanol–water partition coefficient (Wildman–Crippen LogP) is 7.77. The fraction of sp³-hybridized carbons (Fsp3) is 0.842. The molecule has 288 valence electrons. The quantitative estimate of drug-likeness (QED) is 0.0493. The Balaban J connectivity index is 1.65. The van der Waals surface area contributed by atoms with Crippen molar-refractivity contribution in [2.75, 3.05) is 99.1 Å². The van der Waals surface area contributed by atoms with Crippen LogP contribution in [0.25, 0.3) is 0 Å². The number of rotatable bonds is 40. The van der Waals surface area contributed by atoms with E-state index in [1.54, 1.807) is 18.2 Å². The maximum Gasteiger partial charge on any atom is 0.297 e. The molecule has 0 aliphatic rings. The van der Waals surface area contributed by atoms with E-state index in [0.717, 1.165) is 13.0 Å². The highest BCUT2D eigenvalue weighted by molar-refractivity contribution is 7.86. The van der Waals surface area contributed by atoms with Crippen molar-refractivity contribution in [1.82, 2.24) is 0 Å². The zero-order chi connectivity index (χ0) is 35.2. The summed E-state index contributed by atoms with van der Waals surface area (Å²) in [4.78, 5) is 0.130. The van der Waals surface area contributed by atoms with E-state index < -0.39 is 10.1 Å². The first-order chi connectivity index (χ1) is 24.2. The van der Waals surface area contributed by atoms with Crippen LogP contribution in [-0.4, -0.2) is 108 Å². The van der Waals surface area contributed by atoms with Crippen LogP contribution in [0.4, 0.5) is 0 Å². The molecule has 11 heteroatoms. The van der Waals surface area contributed by atoms with Crippen LogP contribution < -0.4 is 0 Å². The molecule has 0 aliphatic carbocycles. The fourth-order valence-electron chi connectivity index (χ4n) is 5.03. The molecule has 0 heterocycles. The molecule has 0 amide bonds. The normalized spacial score (nSPS) is 11.9. The van der Waals surface area contributed by atoms with Gasteiger partial charge in [0, 0.05) is 6.61 Å². The van der Waals surface area contributed by atoms with E-state index in [-0.39, 0.29) is 18.1 Å². The molecule has 0 atom stereocenters. The molecule has 1 aromatic rings. The third kappa shape index (κ3) is 32.5. The fourth-order valence-corrected chi connectivity index (χ4v) is 5.95. The topological polar surface area (TPSA) is 108 Å². The number of ether oxygens (including phenoxy) is 7. The highest BCUT2D eigenvalue weighted by Crippen LogP contribution is 2.14. The molecule has 0 bridgehead atoms. The van der Waals surface area contributed by atoms with Gasteiger partial charge in [0.2, 0.25) is 0 Å². The summed E-state index contributed by atoms with van der Waals surface area (Å²) in [5.74, 6) is 0. The van der Waals surface area contributed by atoms with E-state index in [1.807, 2.05) is 0 Å². The second-order valence-corrected chi connectivity index (χ2v) is 13.8. The van der Waals surface area contributed by atoms with Crippen LogP contribution in [0.1, 0.15) is 110 Å². The van der Waals surface area contributed by atoms with Crippen LogP contribution in [-0.2, 0) is 47.5 Å². The molecule has 0 radical (unpaired) electrons. The van der Waals surface area contributed by atoms with Crippen molar-refractivity contribution in [2.24, 2.45) is 0 Å². The van der Waals surface area contributed by atoms with Gasteiger partial charge in [-0.05, 0) is 18.6 Å². The van der Waals surface area contributed by atoms with Crippen molar-refractivity contribution in [3.05, 3.63) is 30.3 Å². The summed E-state index contributed by atoms with van der Waals surface area (Å²) in [6, 6.07) is 8.02. The van der Waals surface area contributed by atoms with Crippen molar-refractivity contribution < 1.29 is 45.8 Å². The Bertz CT molecular complexity index is 888. The summed E-state index contributed by atoms with van der Waals surface area (Å²) in [6.45, 7) is 9.19. The van der Waals surface area contributed by atoms with Crippen molar-refractivity contribution in [3.63, 3.8) is 0 Å². The van der Waals surface area contributed by atoms with Crippen molar-refractivity contribution in [3.8, 4) is 0 Å². The summed E-state index contributed by atoms with van der Waals surface area (Å²) in [5, 5.41) is 0. The first-order valence-corrected chi connectivity index (χ1v) is 20.6. The summed E-state index contributed by atoms with van der Waals surface area (Å²) in [5.41, 5.74) is 0. The molecular formula is C38H70O10S. The van der Waals surface area contributed by atoms with E-state index in [0.29, 0.717) is 79.3 Å². The van der Waals surface area contributed by atoms with Crippen LogP contribution in [0.2, 0.25) is 0 Å². The first-order valence-electron chi connectivity index (χ1n) is 19.2. The lowest BCUT2D eigenvalue weighted by Gasteiger charge is -2.09. The zero-order valence-electron chi connectivity index (χ0n) is 30.8. The van der Waals surface area contributed by atoms with Crippen LogP contribution in [0.3, 0.4) is 0 Å². The van der Waals surface area contributed by atoms with Crippen LogP contribution in [0.15, 0.2) is 35.2 Å². The third-order valence-corrected chi connectivity index (χ3v) is 9.20. The Morgan fingerprint density at radius 2 is 0.653 bits per heavy atom. The van der Waals surface area contributed by atoms with E-state index in [9.17, 15) is 8.42 Å². The van der Waals surface area contributed by atoms with Gasteiger partial charge in [-0.3, -0.25) is 4.18 Å². The number of hydrogen-bond acceptors (Lipinski definition) is 10. The van der Waals surface area contributed by atoms with Crippen molar-refractivity contribution in [2.45, 2.75) is 115 Å². The maximum absolute atomic E-state index is 12.0. The minimum Gasteiger partial charge on any atom is -0.379 e. The smallest absolute Gasteiger partial charge is 0.297 e. The predicted molar refractivity (Wildman–Crippen MR) is 195 cm³/mol. The van der Waals surface area contributed by atoms with Gasteiger partial charge in [0.25, 0.3) is 10.1 Å². The van der Waals surface area contributed by atoms with Gasteiger partial charge in [-0.2, -0.15) is 8.42 Å². The van der Waals surface area contributed by atoms with E-state index in [2.05, 4.69) is 6.92 Å². The maximum atomic E-state index is 12.0. The largest absolute Gasteiger partial charge is 0.379 e. The molecule has 0 saturated heterocycles. The average molecular weight is 719 g/mol. The molecule has 0 fully saturated rings. The molecule has 0 saturated carbocycles. The van der Waals surface area contributed by atoms with Gasteiger partial charge in [-0.25, -0.2) is 0 Å². The molecule has 0 aromatic heterocycles. The average Bonchev–Trinajstić information content (AvgIpc) is 3.11. The van der Waals surface area contributed by atoms with Gasteiger partial charge in [0.15, 0.2) is 0 Å². The standard InChI is InChI=1S/C38H70O10S/c1-2-3-4-5-6-7-8-9-10-11-12-13-14-15-16-20-23-41-24-25-42-26-27-43-28-29-44-30-31-45-32-33-46-34-35-47-36-37-48-49(39,40)38-21-18-17-19-22-38/h17-19,21-22H,2-16,20,23-37H2,1H3. The molecule has 0 spiro atoms. The number of benzene rings is 1. The molecule has 1 aromatic carbocycles. The highest BCUT2D eigenvalue weighted by Gasteiger charge is 2.13. The van der Waals surface area contributed by atoms with Gasteiger partial charge in [-0.1, -0.05) is 121 Å². The van der Waals surface area contributed by atoms with Gasteiger partial charge in [0.1, 0.15) is 0 Å². The van der Waals surface area contributed by atoms with Crippen LogP contribution >= 0.6 is 0 Å². The zero-order valence-corrected chi connectivity index (χ0v) is 31.6. The Labute approximate surface area is 299 Å². The lowest BCUT2D eigenvalue weighted by Crippen LogP contribution is -2.15. The third-order valence-electron chi connectivity index (χ3n) is 7.87. The van der Waals surface area contributed by atoms with Gasteiger partial charge in [0.05, 0.1) is 97.4 Å². The van der Waals surface area contributed by atoms with E-state index in [1.165, 1.54) is 108 Å². The Morgan fingerprint density at radius 1 is 0.367 bits per heavy atom. The molecule has 10 nitrogen and oxygen atoms in total. The molecule has 0 unspecified atom stereocenters. The van der Waals surface area contributed by atoms with Gasteiger partial charge in [-0.15, -0.1) is 0 Å². The molecule has 1 rings (SSSR count). The Kier molecular flexibility index (Phi) is 34.3. The summed E-state index contributed by atoms with van der Waals surface area (Å²) in [6.07, 6.45) is 22.1.